The molecule has 0 spiro atoms. The largest absolute Gasteiger partial charge is 0.465 e. The van der Waals surface area contributed by atoms with E-state index in [1.54, 1.807) is 30.7 Å². The lowest BCUT2D eigenvalue weighted by Gasteiger charge is -2.12. The number of carbonyl (C=O) groups is 1. The molecule has 0 unspecified atom stereocenters. The fraction of sp³-hybridized carbons (Fsp3) is 0.400. The van der Waals surface area contributed by atoms with Crippen molar-refractivity contribution in [3.05, 3.63) is 34.4 Å². The molecule has 0 N–H and O–H groups in total. The zero-order chi connectivity index (χ0) is 17.7. The average molecular weight is 350 g/mol. The van der Waals surface area contributed by atoms with E-state index in [0.29, 0.717) is 29.6 Å². The third-order valence-corrected chi connectivity index (χ3v) is 4.72. The van der Waals surface area contributed by atoms with Crippen LogP contribution in [0.4, 0.5) is 5.69 Å². The molecule has 0 saturated carbocycles. The SMILES string of the molecule is CCOC(=O)[C@@H](CC)Sc1nnc(-c2ccc([N+](=O)[O-])cc2)n1C. The summed E-state index contributed by atoms with van der Waals surface area (Å²) in [6.07, 6.45) is 0.614. The number of non-ortho nitro benzene ring substituents is 1. The van der Waals surface area contributed by atoms with Crippen molar-refractivity contribution in [3.63, 3.8) is 0 Å². The summed E-state index contributed by atoms with van der Waals surface area (Å²) in [5.74, 6) is 0.302. The van der Waals surface area contributed by atoms with Gasteiger partial charge in [0.1, 0.15) is 5.25 Å². The fourth-order valence-corrected chi connectivity index (χ4v) is 2.98. The van der Waals surface area contributed by atoms with Crippen molar-refractivity contribution in [1.82, 2.24) is 14.8 Å². The first-order chi connectivity index (χ1) is 11.5. The molecule has 9 heteroatoms. The van der Waals surface area contributed by atoms with Gasteiger partial charge in [-0.25, -0.2) is 0 Å². The standard InChI is InChI=1S/C15H18N4O4S/c1-4-12(14(20)23-5-2)24-15-17-16-13(18(15)3)10-6-8-11(9-7-10)19(21)22/h6-9,12H,4-5H2,1-3H3/t12-/m1/s1. The number of ether oxygens (including phenoxy) is 1. The number of nitro groups is 1. The van der Waals surface area contributed by atoms with Gasteiger partial charge in [0.05, 0.1) is 11.5 Å². The molecular weight excluding hydrogens is 332 g/mol. The lowest BCUT2D eigenvalue weighted by molar-refractivity contribution is -0.384. The van der Waals surface area contributed by atoms with Crippen molar-refractivity contribution in [1.29, 1.82) is 0 Å². The first kappa shape index (κ1) is 17.9. The van der Waals surface area contributed by atoms with Gasteiger partial charge >= 0.3 is 5.97 Å². The monoisotopic (exact) mass is 350 g/mol. The second kappa shape index (κ2) is 7.91. The van der Waals surface area contributed by atoms with E-state index in [4.69, 9.17) is 4.74 Å². The van der Waals surface area contributed by atoms with Gasteiger partial charge in [-0.15, -0.1) is 10.2 Å². The van der Waals surface area contributed by atoms with E-state index in [9.17, 15) is 14.9 Å². The number of aromatic nitrogens is 3. The minimum absolute atomic E-state index is 0.0175. The highest BCUT2D eigenvalue weighted by atomic mass is 32.2. The zero-order valence-corrected chi connectivity index (χ0v) is 14.4. The van der Waals surface area contributed by atoms with Crippen LogP contribution in [-0.4, -0.2) is 37.5 Å². The predicted octanol–water partition coefficient (Wildman–Crippen LogP) is 2.82. The minimum atomic E-state index is -0.451. The van der Waals surface area contributed by atoms with Crippen molar-refractivity contribution in [2.45, 2.75) is 30.7 Å². The van der Waals surface area contributed by atoms with Crippen molar-refractivity contribution in [2.75, 3.05) is 6.61 Å². The van der Waals surface area contributed by atoms with Crippen LogP contribution < -0.4 is 0 Å². The van der Waals surface area contributed by atoms with Gasteiger partial charge < -0.3 is 9.30 Å². The van der Waals surface area contributed by atoms with Gasteiger partial charge in [-0.05, 0) is 25.5 Å². The van der Waals surface area contributed by atoms with E-state index < -0.39 is 4.92 Å². The maximum atomic E-state index is 11.9. The normalized spacial score (nSPS) is 12.0. The van der Waals surface area contributed by atoms with Gasteiger partial charge in [0, 0.05) is 24.7 Å². The van der Waals surface area contributed by atoms with E-state index >= 15 is 0 Å². The van der Waals surface area contributed by atoms with Gasteiger partial charge in [-0.2, -0.15) is 0 Å². The molecule has 0 aliphatic carbocycles. The molecule has 0 bridgehead atoms. The Morgan fingerprint density at radius 2 is 2.00 bits per heavy atom. The molecule has 1 aromatic carbocycles. The summed E-state index contributed by atoms with van der Waals surface area (Å²) < 4.78 is 6.81. The highest BCUT2D eigenvalue weighted by molar-refractivity contribution is 8.00. The molecule has 1 heterocycles. The van der Waals surface area contributed by atoms with Crippen molar-refractivity contribution in [2.24, 2.45) is 7.05 Å². The summed E-state index contributed by atoms with van der Waals surface area (Å²) >= 11 is 1.29. The highest BCUT2D eigenvalue weighted by Crippen LogP contribution is 2.28. The number of benzene rings is 1. The zero-order valence-electron chi connectivity index (χ0n) is 13.6. The second-order valence-electron chi connectivity index (χ2n) is 4.94. The minimum Gasteiger partial charge on any atom is -0.465 e. The fourth-order valence-electron chi connectivity index (χ4n) is 2.06. The van der Waals surface area contributed by atoms with Gasteiger partial charge in [-0.1, -0.05) is 18.7 Å². The van der Waals surface area contributed by atoms with Crippen LogP contribution in [0.5, 0.6) is 0 Å². The smallest absolute Gasteiger partial charge is 0.319 e. The first-order valence-electron chi connectivity index (χ1n) is 7.45. The Labute approximate surface area is 143 Å². The summed E-state index contributed by atoms with van der Waals surface area (Å²) in [4.78, 5) is 22.2. The Kier molecular flexibility index (Phi) is 5.91. The molecule has 2 aromatic rings. The van der Waals surface area contributed by atoms with Gasteiger partial charge in [-0.3, -0.25) is 14.9 Å². The van der Waals surface area contributed by atoms with Crippen LogP contribution in [0.15, 0.2) is 29.4 Å². The van der Waals surface area contributed by atoms with Gasteiger partial charge in [0.2, 0.25) is 0 Å². The molecular formula is C15H18N4O4S. The van der Waals surface area contributed by atoms with E-state index in [2.05, 4.69) is 10.2 Å². The summed E-state index contributed by atoms with van der Waals surface area (Å²) in [6, 6.07) is 6.09. The summed E-state index contributed by atoms with van der Waals surface area (Å²) in [5.41, 5.74) is 0.732. The molecule has 128 valence electrons. The Bertz CT molecular complexity index is 730. The number of nitrogens with zero attached hydrogens (tertiary/aromatic N) is 4. The lowest BCUT2D eigenvalue weighted by Crippen LogP contribution is -2.20. The van der Waals surface area contributed by atoms with Crippen LogP contribution in [0.3, 0.4) is 0 Å². The molecule has 0 fully saturated rings. The maximum Gasteiger partial charge on any atom is 0.319 e. The number of esters is 1. The highest BCUT2D eigenvalue weighted by Gasteiger charge is 2.23. The van der Waals surface area contributed by atoms with Crippen LogP contribution in [-0.2, 0) is 16.6 Å². The molecule has 0 amide bonds. The lowest BCUT2D eigenvalue weighted by atomic mass is 10.2. The van der Waals surface area contributed by atoms with Crippen LogP contribution in [0.1, 0.15) is 20.3 Å². The third kappa shape index (κ3) is 3.91. The number of hydrogen-bond acceptors (Lipinski definition) is 7. The number of thioether (sulfide) groups is 1. The molecule has 24 heavy (non-hydrogen) atoms. The Morgan fingerprint density at radius 1 is 1.33 bits per heavy atom. The first-order valence-corrected chi connectivity index (χ1v) is 8.33. The Balaban J connectivity index is 2.21. The summed E-state index contributed by atoms with van der Waals surface area (Å²) in [7, 11) is 1.79. The molecule has 1 aromatic heterocycles. The maximum absolute atomic E-state index is 11.9. The van der Waals surface area contributed by atoms with Crippen molar-refractivity contribution in [3.8, 4) is 11.4 Å². The second-order valence-corrected chi connectivity index (χ2v) is 6.11. The van der Waals surface area contributed by atoms with E-state index in [1.165, 1.54) is 23.9 Å². The third-order valence-electron chi connectivity index (χ3n) is 3.34. The van der Waals surface area contributed by atoms with Crippen LogP contribution in [0, 0.1) is 10.1 Å². The topological polar surface area (TPSA) is 100 Å². The van der Waals surface area contributed by atoms with Crippen LogP contribution in [0.2, 0.25) is 0 Å². The number of carbonyl (C=O) groups excluding carboxylic acids is 1. The van der Waals surface area contributed by atoms with E-state index in [-0.39, 0.29) is 16.9 Å². The molecule has 8 nitrogen and oxygen atoms in total. The van der Waals surface area contributed by atoms with Crippen LogP contribution >= 0.6 is 11.8 Å². The predicted molar refractivity (Wildman–Crippen MR) is 89.7 cm³/mol. The van der Waals surface area contributed by atoms with E-state index in [0.717, 1.165) is 0 Å². The molecule has 0 radical (unpaired) electrons. The molecule has 1 atom stereocenters. The number of rotatable bonds is 7. The van der Waals surface area contributed by atoms with Gasteiger partial charge in [0.25, 0.3) is 5.69 Å². The number of nitro benzene ring substituents is 1. The Hall–Kier alpha value is -2.42. The average Bonchev–Trinajstić information content (AvgIpc) is 2.93. The molecule has 2 rings (SSSR count). The molecule has 0 aliphatic heterocycles. The molecule has 0 saturated heterocycles. The van der Waals surface area contributed by atoms with Crippen molar-refractivity contribution >= 4 is 23.4 Å². The molecule has 0 aliphatic rings. The van der Waals surface area contributed by atoms with Crippen LogP contribution in [0.25, 0.3) is 11.4 Å². The van der Waals surface area contributed by atoms with E-state index in [1.807, 2.05) is 6.92 Å². The Morgan fingerprint density at radius 3 is 2.54 bits per heavy atom. The van der Waals surface area contributed by atoms with Crippen molar-refractivity contribution < 1.29 is 14.5 Å². The summed E-state index contributed by atoms with van der Waals surface area (Å²) in [6.45, 7) is 4.01. The quantitative estimate of drug-likeness (QED) is 0.327. The summed E-state index contributed by atoms with van der Waals surface area (Å²) in [5, 5.41) is 19.2. The number of hydrogen-bond donors (Lipinski definition) is 0. The van der Waals surface area contributed by atoms with Gasteiger partial charge in [0.15, 0.2) is 11.0 Å².